The molecule has 92 valence electrons. The molecule has 0 radical (unpaired) electrons. The van der Waals surface area contributed by atoms with E-state index in [4.69, 9.17) is 10.2 Å². The highest BCUT2D eigenvalue weighted by Gasteiger charge is 1.93. The van der Waals surface area contributed by atoms with Crippen LogP contribution in [0.15, 0.2) is 46.5 Å². The van der Waals surface area contributed by atoms with Crippen LogP contribution in [0.3, 0.4) is 0 Å². The molecule has 18 heavy (non-hydrogen) atoms. The topological polar surface area (TPSA) is 74.6 Å². The fourth-order valence-electron chi connectivity index (χ4n) is 0.878. The molecular weight excluding hydrogens is 232 g/mol. The molecular formula is C14H12O4. The lowest BCUT2D eigenvalue weighted by Gasteiger charge is -1.90. The van der Waals surface area contributed by atoms with Crippen LogP contribution in [0.2, 0.25) is 0 Å². The number of hydrogen-bond acceptors (Lipinski definition) is 2. The Kier molecular flexibility index (Phi) is 9.27. The molecule has 4 nitrogen and oxygen atoms in total. The second kappa shape index (κ2) is 10.9. The number of carbonyl (C=O) groups is 2. The summed E-state index contributed by atoms with van der Waals surface area (Å²) in [6, 6.07) is 0. The van der Waals surface area contributed by atoms with E-state index in [1.54, 1.807) is 6.08 Å². The van der Waals surface area contributed by atoms with E-state index in [0.717, 1.165) is 18.9 Å². The lowest BCUT2D eigenvalue weighted by molar-refractivity contribution is -0.137. The Morgan fingerprint density at radius 2 is 1.61 bits per heavy atom. The van der Waals surface area contributed by atoms with Gasteiger partial charge in [0.05, 0.1) is 6.08 Å². The van der Waals surface area contributed by atoms with Gasteiger partial charge in [0.1, 0.15) is 0 Å². The van der Waals surface area contributed by atoms with E-state index in [1.807, 2.05) is 0 Å². The van der Waals surface area contributed by atoms with Gasteiger partial charge >= 0.3 is 11.9 Å². The van der Waals surface area contributed by atoms with Crippen LogP contribution in [0.5, 0.6) is 0 Å². The van der Waals surface area contributed by atoms with Gasteiger partial charge in [0.15, 0.2) is 0 Å². The van der Waals surface area contributed by atoms with Gasteiger partial charge in [0.2, 0.25) is 0 Å². The van der Waals surface area contributed by atoms with Gasteiger partial charge in [-0.2, -0.15) is 0 Å². The zero-order chi connectivity index (χ0) is 13.6. The van der Waals surface area contributed by atoms with E-state index < -0.39 is 11.9 Å². The molecule has 0 fully saturated rings. The van der Waals surface area contributed by atoms with Crippen molar-refractivity contribution in [2.45, 2.75) is 25.7 Å². The van der Waals surface area contributed by atoms with E-state index in [1.165, 1.54) is 0 Å². The van der Waals surface area contributed by atoms with Crippen molar-refractivity contribution in [3.63, 3.8) is 0 Å². The summed E-state index contributed by atoms with van der Waals surface area (Å²) in [4.78, 5) is 20.2. The first-order valence-electron chi connectivity index (χ1n) is 5.23. The monoisotopic (exact) mass is 244 g/mol. The summed E-state index contributed by atoms with van der Waals surface area (Å²) in [6.07, 6.45) is 4.83. The molecule has 4 heteroatoms. The van der Waals surface area contributed by atoms with Gasteiger partial charge in [-0.15, -0.1) is 0 Å². The fraction of sp³-hybridized carbons (Fsp3) is 0.286. The third-order valence-corrected chi connectivity index (χ3v) is 1.62. The minimum atomic E-state index is -1.11. The summed E-state index contributed by atoms with van der Waals surface area (Å²) >= 11 is 0. The van der Waals surface area contributed by atoms with Gasteiger partial charge in [0, 0.05) is 6.42 Å². The van der Waals surface area contributed by atoms with E-state index in [9.17, 15) is 9.59 Å². The number of allylic oxidation sites excluding steroid dienone is 1. The molecule has 0 saturated heterocycles. The van der Waals surface area contributed by atoms with Gasteiger partial charge in [-0.05, 0) is 48.3 Å². The minimum Gasteiger partial charge on any atom is -0.481 e. The zero-order valence-electron chi connectivity index (χ0n) is 9.69. The average Bonchev–Trinajstić information content (AvgIpc) is 2.29. The van der Waals surface area contributed by atoms with Gasteiger partial charge in [-0.3, -0.25) is 4.79 Å². The quantitative estimate of drug-likeness (QED) is 0.426. The molecule has 0 atom stereocenters. The molecule has 0 aromatic carbocycles. The summed E-state index contributed by atoms with van der Waals surface area (Å²) in [7, 11) is 0. The predicted molar refractivity (Wildman–Crippen MR) is 64.0 cm³/mol. The summed E-state index contributed by atoms with van der Waals surface area (Å²) in [6.45, 7) is 0. The number of carboxylic acid groups (broad SMARTS) is 2. The number of aliphatic carboxylic acids is 2. The Bertz CT molecular complexity index is 532. The Morgan fingerprint density at radius 3 is 2.22 bits per heavy atom. The highest BCUT2D eigenvalue weighted by molar-refractivity contribution is 5.79. The molecule has 0 spiro atoms. The molecule has 0 aliphatic rings. The molecule has 0 unspecified atom stereocenters. The van der Waals surface area contributed by atoms with E-state index in [2.05, 4.69) is 34.4 Å². The maximum absolute atomic E-state index is 10.2. The molecule has 0 aromatic heterocycles. The molecule has 0 bridgehead atoms. The fourth-order valence-corrected chi connectivity index (χ4v) is 0.878. The largest absolute Gasteiger partial charge is 0.481 e. The average molecular weight is 244 g/mol. The zero-order valence-corrected chi connectivity index (χ0v) is 9.69. The Balaban J connectivity index is 4.22. The van der Waals surface area contributed by atoms with Crippen LogP contribution in [0.25, 0.3) is 0 Å². The summed E-state index contributed by atoms with van der Waals surface area (Å²) in [5.41, 5.74) is 14.6. The first-order valence-corrected chi connectivity index (χ1v) is 5.23. The number of hydrogen-bond donors (Lipinski definition) is 2. The van der Waals surface area contributed by atoms with Crippen LogP contribution in [0.1, 0.15) is 25.7 Å². The van der Waals surface area contributed by atoms with Crippen molar-refractivity contribution in [1.82, 2.24) is 0 Å². The van der Waals surface area contributed by atoms with E-state index in [-0.39, 0.29) is 6.42 Å². The maximum atomic E-state index is 10.2. The van der Waals surface area contributed by atoms with Crippen molar-refractivity contribution >= 4 is 11.9 Å². The normalized spacial score (nSPS) is 7.33. The molecule has 0 saturated carbocycles. The molecule has 0 heterocycles. The first-order chi connectivity index (χ1) is 8.63. The first kappa shape index (κ1) is 15.4. The standard InChI is InChI=1S/C14H12O4/c15-13(16)11-9-7-5-3-1-2-4-6-8-10-12-14(17)18/h3,12H,5,7,9,11H2,(H,15,16)(H,17,18). The van der Waals surface area contributed by atoms with Crippen LogP contribution in [-0.2, 0) is 9.59 Å². The number of unbranched alkanes of at least 4 members (excludes halogenated alkanes) is 2. The molecule has 0 amide bonds. The van der Waals surface area contributed by atoms with Crippen LogP contribution in [0, 0.1) is 0 Å². The van der Waals surface area contributed by atoms with Crippen LogP contribution >= 0.6 is 0 Å². The molecule has 0 aliphatic carbocycles. The van der Waals surface area contributed by atoms with Crippen molar-refractivity contribution in [3.8, 4) is 0 Å². The SMILES string of the molecule is O=C(O)C=C=C=C=C=C=C=CCCCCC(=O)O. The highest BCUT2D eigenvalue weighted by Crippen LogP contribution is 1.99. The van der Waals surface area contributed by atoms with Gasteiger partial charge in [-0.1, -0.05) is 11.5 Å². The van der Waals surface area contributed by atoms with Crippen LogP contribution < -0.4 is 0 Å². The van der Waals surface area contributed by atoms with E-state index >= 15 is 0 Å². The second-order valence-corrected chi connectivity index (χ2v) is 3.11. The third kappa shape index (κ3) is 13.4. The highest BCUT2D eigenvalue weighted by atomic mass is 16.4. The van der Waals surface area contributed by atoms with Gasteiger partial charge < -0.3 is 10.2 Å². The summed E-state index contributed by atoms with van der Waals surface area (Å²) < 4.78 is 0. The van der Waals surface area contributed by atoms with Crippen LogP contribution in [0.4, 0.5) is 0 Å². The Labute approximate surface area is 105 Å². The summed E-state index contributed by atoms with van der Waals surface area (Å²) in [5, 5.41) is 16.6. The third-order valence-electron chi connectivity index (χ3n) is 1.62. The van der Waals surface area contributed by atoms with Gasteiger partial charge in [0.25, 0.3) is 0 Å². The molecule has 0 aliphatic heterocycles. The Morgan fingerprint density at radius 1 is 0.944 bits per heavy atom. The molecule has 2 N–H and O–H groups in total. The van der Waals surface area contributed by atoms with Crippen molar-refractivity contribution in [3.05, 3.63) is 46.5 Å². The van der Waals surface area contributed by atoms with Crippen molar-refractivity contribution < 1.29 is 19.8 Å². The van der Waals surface area contributed by atoms with Crippen LogP contribution in [-0.4, -0.2) is 22.2 Å². The second-order valence-electron chi connectivity index (χ2n) is 3.11. The summed E-state index contributed by atoms with van der Waals surface area (Å²) in [5.74, 6) is -1.89. The Hall–Kier alpha value is -2.64. The van der Waals surface area contributed by atoms with Crippen molar-refractivity contribution in [2.24, 2.45) is 0 Å². The van der Waals surface area contributed by atoms with Crippen molar-refractivity contribution in [1.29, 1.82) is 0 Å². The van der Waals surface area contributed by atoms with E-state index in [0.29, 0.717) is 6.42 Å². The number of carboxylic acids is 2. The smallest absolute Gasteiger partial charge is 0.336 e. The lowest BCUT2D eigenvalue weighted by atomic mass is 10.2. The lowest BCUT2D eigenvalue weighted by Crippen LogP contribution is -1.92. The minimum absolute atomic E-state index is 0.177. The molecule has 0 aromatic rings. The number of rotatable bonds is 6. The maximum Gasteiger partial charge on any atom is 0.336 e. The van der Waals surface area contributed by atoms with Crippen molar-refractivity contribution in [2.75, 3.05) is 0 Å². The molecule has 0 rings (SSSR count). The van der Waals surface area contributed by atoms with Gasteiger partial charge in [-0.25, -0.2) is 4.79 Å². The predicted octanol–water partition coefficient (Wildman–Crippen LogP) is 2.20.